The van der Waals surface area contributed by atoms with Crippen LogP contribution in [0.25, 0.3) is 0 Å². The summed E-state index contributed by atoms with van der Waals surface area (Å²) in [5, 5.41) is 3.16. The summed E-state index contributed by atoms with van der Waals surface area (Å²) in [7, 11) is 0. The molecule has 1 atom stereocenters. The fourth-order valence-electron chi connectivity index (χ4n) is 3.99. The van der Waals surface area contributed by atoms with E-state index in [2.05, 4.69) is 17.4 Å². The van der Waals surface area contributed by atoms with Gasteiger partial charge in [-0.3, -0.25) is 9.59 Å². The zero-order chi connectivity index (χ0) is 22.2. The van der Waals surface area contributed by atoms with Crippen LogP contribution in [0.15, 0.2) is 48.5 Å². The van der Waals surface area contributed by atoms with Crippen LogP contribution in [0.4, 0.5) is 0 Å². The molecule has 0 aromatic heterocycles. The summed E-state index contributed by atoms with van der Waals surface area (Å²) in [6, 6.07) is 14.6. The lowest BCUT2D eigenvalue weighted by Gasteiger charge is -2.33. The van der Waals surface area contributed by atoms with Crippen LogP contribution < -0.4 is 10.1 Å². The molecule has 2 aromatic rings. The van der Waals surface area contributed by atoms with Gasteiger partial charge in [0.25, 0.3) is 5.91 Å². The third-order valence-corrected chi connectivity index (χ3v) is 6.17. The van der Waals surface area contributed by atoms with Crippen molar-refractivity contribution in [3.05, 3.63) is 64.7 Å². The van der Waals surface area contributed by atoms with Gasteiger partial charge in [-0.2, -0.15) is 0 Å². The van der Waals surface area contributed by atoms with Crippen molar-refractivity contribution in [3.63, 3.8) is 0 Å². The van der Waals surface area contributed by atoms with Gasteiger partial charge in [-0.05, 0) is 75.3 Å². The standard InChI is InChI=1S/C25H31ClN2O3/c1-3-31-21-12-10-19(11-13-21)8-9-20-14-16-28(17-15-20)25(30)18(2)27-24(29)22-6-4-5-7-23(22)26/h4-7,10-13,18,20H,3,8-9,14-17H2,1-2H3,(H,27,29)/t18-/m0/s1. The highest BCUT2D eigenvalue weighted by atomic mass is 35.5. The molecule has 1 N–H and O–H groups in total. The molecule has 1 heterocycles. The van der Waals surface area contributed by atoms with E-state index in [0.29, 0.717) is 23.1 Å². The van der Waals surface area contributed by atoms with Crippen LogP contribution in [0.2, 0.25) is 5.02 Å². The zero-order valence-electron chi connectivity index (χ0n) is 18.3. The molecule has 1 fully saturated rings. The summed E-state index contributed by atoms with van der Waals surface area (Å²) < 4.78 is 5.49. The Labute approximate surface area is 189 Å². The van der Waals surface area contributed by atoms with Gasteiger partial charge in [0.05, 0.1) is 17.2 Å². The van der Waals surface area contributed by atoms with Crippen molar-refractivity contribution in [2.24, 2.45) is 5.92 Å². The van der Waals surface area contributed by atoms with Crippen LogP contribution in [0.5, 0.6) is 5.75 Å². The first-order valence-electron chi connectivity index (χ1n) is 11.0. The number of likely N-dealkylation sites (tertiary alicyclic amines) is 1. The maximum absolute atomic E-state index is 12.8. The van der Waals surface area contributed by atoms with E-state index in [9.17, 15) is 9.59 Å². The Kier molecular flexibility index (Phi) is 8.35. The summed E-state index contributed by atoms with van der Waals surface area (Å²) in [5.41, 5.74) is 1.70. The van der Waals surface area contributed by atoms with Crippen molar-refractivity contribution in [2.45, 2.75) is 45.6 Å². The largest absolute Gasteiger partial charge is 0.494 e. The number of benzene rings is 2. The monoisotopic (exact) mass is 442 g/mol. The summed E-state index contributed by atoms with van der Waals surface area (Å²) in [5.74, 6) is 1.17. The molecule has 1 aliphatic heterocycles. The van der Waals surface area contributed by atoms with Gasteiger partial charge in [-0.15, -0.1) is 0 Å². The van der Waals surface area contributed by atoms with E-state index < -0.39 is 6.04 Å². The molecule has 0 radical (unpaired) electrons. The quantitative estimate of drug-likeness (QED) is 0.643. The van der Waals surface area contributed by atoms with Crippen LogP contribution in [-0.2, 0) is 11.2 Å². The third-order valence-electron chi connectivity index (χ3n) is 5.84. The van der Waals surface area contributed by atoms with E-state index in [1.54, 1.807) is 31.2 Å². The minimum atomic E-state index is -0.579. The molecule has 2 amide bonds. The molecular formula is C25H31ClN2O3. The van der Waals surface area contributed by atoms with Crippen molar-refractivity contribution >= 4 is 23.4 Å². The number of nitrogens with zero attached hydrogens (tertiary/aromatic N) is 1. The van der Waals surface area contributed by atoms with Crippen molar-refractivity contribution in [1.29, 1.82) is 0 Å². The number of piperidine rings is 1. The molecule has 3 rings (SSSR count). The number of amides is 2. The molecule has 31 heavy (non-hydrogen) atoms. The number of rotatable bonds is 8. The summed E-state index contributed by atoms with van der Waals surface area (Å²) in [6.45, 7) is 5.87. The van der Waals surface area contributed by atoms with Gasteiger partial charge in [0.15, 0.2) is 0 Å². The highest BCUT2D eigenvalue weighted by Gasteiger charge is 2.27. The number of hydrogen-bond donors (Lipinski definition) is 1. The molecule has 1 aliphatic rings. The predicted octanol–water partition coefficient (Wildman–Crippen LogP) is 4.73. The van der Waals surface area contributed by atoms with E-state index in [-0.39, 0.29) is 11.8 Å². The van der Waals surface area contributed by atoms with E-state index in [1.807, 2.05) is 24.0 Å². The number of halogens is 1. The summed E-state index contributed by atoms with van der Waals surface area (Å²) >= 11 is 6.08. The molecule has 0 aliphatic carbocycles. The van der Waals surface area contributed by atoms with Crippen molar-refractivity contribution < 1.29 is 14.3 Å². The molecule has 0 saturated carbocycles. The Balaban J connectivity index is 1.42. The lowest BCUT2D eigenvalue weighted by Crippen LogP contribution is -2.49. The fraction of sp³-hybridized carbons (Fsp3) is 0.440. The molecule has 0 unspecified atom stereocenters. The molecule has 0 spiro atoms. The first-order chi connectivity index (χ1) is 15.0. The topological polar surface area (TPSA) is 58.6 Å². The molecule has 166 valence electrons. The highest BCUT2D eigenvalue weighted by Crippen LogP contribution is 2.24. The molecule has 5 nitrogen and oxygen atoms in total. The number of ether oxygens (including phenoxy) is 1. The first kappa shape index (κ1) is 23.1. The molecule has 0 bridgehead atoms. The highest BCUT2D eigenvalue weighted by molar-refractivity contribution is 6.33. The van der Waals surface area contributed by atoms with Crippen LogP contribution >= 0.6 is 11.6 Å². The number of aryl methyl sites for hydroxylation is 1. The number of nitrogens with one attached hydrogen (secondary N) is 1. The van der Waals surface area contributed by atoms with Gasteiger partial charge in [0.2, 0.25) is 5.91 Å². The van der Waals surface area contributed by atoms with Gasteiger partial charge >= 0.3 is 0 Å². The van der Waals surface area contributed by atoms with Crippen LogP contribution in [-0.4, -0.2) is 42.5 Å². The normalized spacial score (nSPS) is 15.4. The molecular weight excluding hydrogens is 412 g/mol. The van der Waals surface area contributed by atoms with E-state index in [4.69, 9.17) is 16.3 Å². The zero-order valence-corrected chi connectivity index (χ0v) is 19.0. The predicted molar refractivity (Wildman–Crippen MR) is 124 cm³/mol. The second kappa shape index (κ2) is 11.2. The van der Waals surface area contributed by atoms with Gasteiger partial charge < -0.3 is 15.0 Å². The van der Waals surface area contributed by atoms with Crippen molar-refractivity contribution in [1.82, 2.24) is 10.2 Å². The second-order valence-electron chi connectivity index (χ2n) is 8.06. The SMILES string of the molecule is CCOc1ccc(CCC2CCN(C(=O)[C@H](C)NC(=O)c3ccccc3Cl)CC2)cc1. The van der Waals surface area contributed by atoms with E-state index in [1.165, 1.54) is 5.56 Å². The van der Waals surface area contributed by atoms with Crippen molar-refractivity contribution in [2.75, 3.05) is 19.7 Å². The van der Waals surface area contributed by atoms with Crippen LogP contribution in [0.1, 0.15) is 49.0 Å². The Morgan fingerprint density at radius 2 is 1.81 bits per heavy atom. The smallest absolute Gasteiger partial charge is 0.253 e. The number of carbonyl (C=O) groups is 2. The Bertz CT molecular complexity index is 877. The van der Waals surface area contributed by atoms with Crippen LogP contribution in [0, 0.1) is 5.92 Å². The number of carbonyl (C=O) groups excluding carboxylic acids is 2. The van der Waals surface area contributed by atoms with E-state index in [0.717, 1.165) is 44.5 Å². The average molecular weight is 443 g/mol. The molecule has 2 aromatic carbocycles. The van der Waals surface area contributed by atoms with Gasteiger partial charge in [0, 0.05) is 13.1 Å². The minimum absolute atomic E-state index is 0.0367. The Morgan fingerprint density at radius 1 is 1.13 bits per heavy atom. The van der Waals surface area contributed by atoms with Crippen LogP contribution in [0.3, 0.4) is 0 Å². The fourth-order valence-corrected chi connectivity index (χ4v) is 4.21. The lowest BCUT2D eigenvalue weighted by atomic mass is 9.90. The second-order valence-corrected chi connectivity index (χ2v) is 8.47. The first-order valence-corrected chi connectivity index (χ1v) is 11.4. The molecule has 6 heteroatoms. The van der Waals surface area contributed by atoms with E-state index >= 15 is 0 Å². The van der Waals surface area contributed by atoms with Gasteiger partial charge in [0.1, 0.15) is 11.8 Å². The number of hydrogen-bond acceptors (Lipinski definition) is 3. The Hall–Kier alpha value is -2.53. The maximum atomic E-state index is 12.8. The van der Waals surface area contributed by atoms with Gasteiger partial charge in [-0.25, -0.2) is 0 Å². The summed E-state index contributed by atoms with van der Waals surface area (Å²) in [6.07, 6.45) is 4.14. The molecule has 1 saturated heterocycles. The minimum Gasteiger partial charge on any atom is -0.494 e. The van der Waals surface area contributed by atoms with Crippen molar-refractivity contribution in [3.8, 4) is 5.75 Å². The lowest BCUT2D eigenvalue weighted by molar-refractivity contribution is -0.134. The average Bonchev–Trinajstić information content (AvgIpc) is 2.79. The van der Waals surface area contributed by atoms with Gasteiger partial charge in [-0.1, -0.05) is 35.9 Å². The maximum Gasteiger partial charge on any atom is 0.253 e. The third kappa shape index (κ3) is 6.47. The Morgan fingerprint density at radius 3 is 2.45 bits per heavy atom. The summed E-state index contributed by atoms with van der Waals surface area (Å²) in [4.78, 5) is 27.1.